The minimum Gasteiger partial charge on any atom is -0.387 e. The Labute approximate surface area is 110 Å². The number of rotatable bonds is 4. The first kappa shape index (κ1) is 15.3. The van der Waals surface area contributed by atoms with Gasteiger partial charge in [0.25, 0.3) is 0 Å². The van der Waals surface area contributed by atoms with E-state index in [4.69, 9.17) is 5.73 Å². The van der Waals surface area contributed by atoms with Crippen molar-refractivity contribution in [2.45, 2.75) is 25.9 Å². The molecule has 0 saturated carbocycles. The van der Waals surface area contributed by atoms with Gasteiger partial charge in [-0.05, 0) is 12.0 Å². The first-order valence-electron chi connectivity index (χ1n) is 5.94. The largest absolute Gasteiger partial charge is 0.409 e. The van der Waals surface area contributed by atoms with Crippen molar-refractivity contribution in [1.82, 2.24) is 4.98 Å². The number of nitrogens with two attached hydrogens (primary N) is 1. The quantitative estimate of drug-likeness (QED) is 0.825. The summed E-state index contributed by atoms with van der Waals surface area (Å²) in [5.41, 5.74) is 7.09. The lowest BCUT2D eigenvalue weighted by Crippen LogP contribution is -2.11. The number of hydrogen-bond donors (Lipinski definition) is 2. The number of aromatic nitrogens is 1. The SMILES string of the molecule is CNc1cnc(N)c(C(/C=C/C(F)(F)F)C(C)C)c1. The monoisotopic (exact) mass is 273 g/mol. The van der Waals surface area contributed by atoms with Gasteiger partial charge in [-0.25, -0.2) is 4.98 Å². The number of nitrogen functional groups attached to an aromatic ring is 1. The van der Waals surface area contributed by atoms with Crippen molar-refractivity contribution in [2.75, 3.05) is 18.1 Å². The van der Waals surface area contributed by atoms with Crippen molar-refractivity contribution >= 4 is 11.5 Å². The van der Waals surface area contributed by atoms with Gasteiger partial charge in [0.15, 0.2) is 0 Å². The van der Waals surface area contributed by atoms with E-state index in [0.29, 0.717) is 5.56 Å². The van der Waals surface area contributed by atoms with E-state index in [9.17, 15) is 13.2 Å². The van der Waals surface area contributed by atoms with Crippen LogP contribution in [0.25, 0.3) is 0 Å². The molecule has 1 heterocycles. The van der Waals surface area contributed by atoms with Crippen molar-refractivity contribution in [2.24, 2.45) is 5.92 Å². The molecule has 0 spiro atoms. The molecule has 0 fully saturated rings. The lowest BCUT2D eigenvalue weighted by atomic mass is 9.88. The minimum atomic E-state index is -4.32. The van der Waals surface area contributed by atoms with Gasteiger partial charge in [-0.3, -0.25) is 0 Å². The molecule has 0 aromatic carbocycles. The number of allylic oxidation sites excluding steroid dienone is 2. The summed E-state index contributed by atoms with van der Waals surface area (Å²) in [6.45, 7) is 3.69. The molecule has 0 radical (unpaired) electrons. The predicted molar refractivity (Wildman–Crippen MR) is 71.0 cm³/mol. The Hall–Kier alpha value is -1.72. The van der Waals surface area contributed by atoms with Crippen LogP contribution in [0, 0.1) is 5.92 Å². The Morgan fingerprint density at radius 2 is 2.00 bits per heavy atom. The number of nitrogens with one attached hydrogen (secondary N) is 1. The molecule has 0 aliphatic rings. The lowest BCUT2D eigenvalue weighted by Gasteiger charge is -2.20. The Morgan fingerprint density at radius 3 is 2.47 bits per heavy atom. The third-order valence-electron chi connectivity index (χ3n) is 2.81. The van der Waals surface area contributed by atoms with E-state index in [0.717, 1.165) is 11.8 Å². The third kappa shape index (κ3) is 4.46. The maximum absolute atomic E-state index is 12.3. The summed E-state index contributed by atoms with van der Waals surface area (Å²) in [4.78, 5) is 4.00. The Balaban J connectivity index is 3.16. The second kappa shape index (κ2) is 5.95. The molecule has 0 saturated heterocycles. The highest BCUT2D eigenvalue weighted by Crippen LogP contribution is 2.32. The van der Waals surface area contributed by atoms with Gasteiger partial charge >= 0.3 is 6.18 Å². The summed E-state index contributed by atoms with van der Waals surface area (Å²) in [5, 5.41) is 2.90. The van der Waals surface area contributed by atoms with Crippen LogP contribution in [-0.2, 0) is 0 Å². The van der Waals surface area contributed by atoms with Crippen LogP contribution in [0.5, 0.6) is 0 Å². The molecule has 0 amide bonds. The van der Waals surface area contributed by atoms with E-state index >= 15 is 0 Å². The van der Waals surface area contributed by atoms with Crippen LogP contribution in [0.15, 0.2) is 24.4 Å². The van der Waals surface area contributed by atoms with E-state index in [1.807, 2.05) is 13.8 Å². The molecule has 1 rings (SSSR count). The maximum atomic E-state index is 12.3. The number of halogens is 3. The summed E-state index contributed by atoms with van der Waals surface area (Å²) >= 11 is 0. The number of anilines is 2. The first-order valence-corrected chi connectivity index (χ1v) is 5.94. The van der Waals surface area contributed by atoms with Gasteiger partial charge in [0, 0.05) is 24.6 Å². The summed E-state index contributed by atoms with van der Waals surface area (Å²) in [7, 11) is 1.72. The van der Waals surface area contributed by atoms with E-state index in [2.05, 4.69) is 10.3 Å². The highest BCUT2D eigenvalue weighted by atomic mass is 19.4. The van der Waals surface area contributed by atoms with Crippen LogP contribution in [-0.4, -0.2) is 18.2 Å². The van der Waals surface area contributed by atoms with Crippen molar-refractivity contribution in [3.8, 4) is 0 Å². The van der Waals surface area contributed by atoms with Gasteiger partial charge in [0.05, 0.1) is 11.9 Å². The topological polar surface area (TPSA) is 50.9 Å². The van der Waals surface area contributed by atoms with Crippen molar-refractivity contribution in [3.05, 3.63) is 30.0 Å². The van der Waals surface area contributed by atoms with Crippen molar-refractivity contribution < 1.29 is 13.2 Å². The molecule has 1 atom stereocenters. The van der Waals surface area contributed by atoms with E-state index in [-0.39, 0.29) is 17.8 Å². The minimum absolute atomic E-state index is 0.0187. The fourth-order valence-electron chi connectivity index (χ4n) is 1.79. The fraction of sp³-hybridized carbons (Fsp3) is 0.462. The molecule has 3 nitrogen and oxygen atoms in total. The van der Waals surface area contributed by atoms with Gasteiger partial charge < -0.3 is 11.1 Å². The van der Waals surface area contributed by atoms with Crippen LogP contribution in [0.1, 0.15) is 25.3 Å². The average molecular weight is 273 g/mol. The number of pyridine rings is 1. The second-order valence-corrected chi connectivity index (χ2v) is 4.62. The summed E-state index contributed by atoms with van der Waals surface area (Å²) in [5.74, 6) is -0.193. The molecule has 1 aromatic heterocycles. The number of nitrogens with zero attached hydrogens (tertiary/aromatic N) is 1. The van der Waals surface area contributed by atoms with Gasteiger partial charge in [-0.2, -0.15) is 13.2 Å². The van der Waals surface area contributed by atoms with Gasteiger partial charge in [-0.15, -0.1) is 0 Å². The van der Waals surface area contributed by atoms with Gasteiger partial charge in [-0.1, -0.05) is 19.9 Å². The van der Waals surface area contributed by atoms with E-state index in [1.165, 1.54) is 0 Å². The lowest BCUT2D eigenvalue weighted by molar-refractivity contribution is -0.0801. The van der Waals surface area contributed by atoms with Crippen LogP contribution in [0.4, 0.5) is 24.7 Å². The van der Waals surface area contributed by atoms with Crippen LogP contribution < -0.4 is 11.1 Å². The molecule has 0 aliphatic carbocycles. The zero-order valence-electron chi connectivity index (χ0n) is 11.1. The van der Waals surface area contributed by atoms with Crippen molar-refractivity contribution in [1.29, 1.82) is 0 Å². The average Bonchev–Trinajstić information content (AvgIpc) is 2.29. The Bertz CT molecular complexity index is 453. The molecule has 3 N–H and O–H groups in total. The summed E-state index contributed by atoms with van der Waals surface area (Å²) in [6.07, 6.45) is -1.39. The van der Waals surface area contributed by atoms with Crippen LogP contribution in [0.2, 0.25) is 0 Å². The highest BCUT2D eigenvalue weighted by Gasteiger charge is 2.25. The number of alkyl halides is 3. The molecule has 19 heavy (non-hydrogen) atoms. The molecule has 1 unspecified atom stereocenters. The number of hydrogen-bond acceptors (Lipinski definition) is 3. The molecule has 0 bridgehead atoms. The molecular weight excluding hydrogens is 255 g/mol. The van der Waals surface area contributed by atoms with Gasteiger partial charge in [0.1, 0.15) is 5.82 Å². The summed E-state index contributed by atoms with van der Waals surface area (Å²) < 4.78 is 36.9. The van der Waals surface area contributed by atoms with Crippen LogP contribution >= 0.6 is 0 Å². The Kier molecular flexibility index (Phi) is 4.80. The van der Waals surface area contributed by atoms with Crippen molar-refractivity contribution in [3.63, 3.8) is 0 Å². The van der Waals surface area contributed by atoms with Crippen LogP contribution in [0.3, 0.4) is 0 Å². The smallest absolute Gasteiger partial charge is 0.387 e. The van der Waals surface area contributed by atoms with E-state index < -0.39 is 12.1 Å². The standard InChI is InChI=1S/C13H18F3N3/c1-8(2)10(4-5-13(14,15)16)11-6-9(18-3)7-19-12(11)17/h4-8,10,18H,1-3H3,(H2,17,19)/b5-4+. The van der Waals surface area contributed by atoms with E-state index in [1.54, 1.807) is 19.3 Å². The molecule has 1 aromatic rings. The third-order valence-corrected chi connectivity index (χ3v) is 2.81. The zero-order chi connectivity index (χ0) is 14.6. The molecular formula is C13H18F3N3. The molecule has 0 aliphatic heterocycles. The van der Waals surface area contributed by atoms with Gasteiger partial charge in [0.2, 0.25) is 0 Å². The second-order valence-electron chi connectivity index (χ2n) is 4.62. The summed E-state index contributed by atoms with van der Waals surface area (Å²) in [6, 6.07) is 1.73. The first-order chi connectivity index (χ1) is 8.74. The highest BCUT2D eigenvalue weighted by molar-refractivity contribution is 5.53. The fourth-order valence-corrected chi connectivity index (χ4v) is 1.79. The Morgan fingerprint density at radius 1 is 1.37 bits per heavy atom. The molecule has 106 valence electrons. The zero-order valence-corrected chi connectivity index (χ0v) is 11.1. The molecule has 6 heteroatoms. The predicted octanol–water partition coefficient (Wildman–Crippen LogP) is 3.56. The maximum Gasteiger partial charge on any atom is 0.409 e. The normalized spacial score (nSPS) is 14.1.